The average Bonchev–Trinajstić information content (AvgIpc) is 2.37. The number of allylic oxidation sites excluding steroid dienone is 2. The number of ether oxygens (including phenoxy) is 1. The van der Waals surface area contributed by atoms with E-state index in [-0.39, 0.29) is 0 Å². The fraction of sp³-hybridized carbons (Fsp3) is 0.667. The fourth-order valence-corrected chi connectivity index (χ4v) is 1.90. The number of hydrogen-bond acceptors (Lipinski definition) is 2. The normalized spacial score (nSPS) is 16.8. The van der Waals surface area contributed by atoms with Gasteiger partial charge in [-0.15, -0.1) is 0 Å². The van der Waals surface area contributed by atoms with Gasteiger partial charge in [-0.1, -0.05) is 45.3 Å². The molecule has 0 aliphatic heterocycles. The molecule has 0 N–H and O–H groups in total. The van der Waals surface area contributed by atoms with Gasteiger partial charge in [0, 0.05) is 6.08 Å². The molecule has 0 aromatic rings. The van der Waals surface area contributed by atoms with Crippen LogP contribution in [-0.4, -0.2) is 13.3 Å². The molecule has 0 radical (unpaired) electrons. The summed E-state index contributed by atoms with van der Waals surface area (Å²) in [5, 5.41) is 0. The summed E-state index contributed by atoms with van der Waals surface area (Å²) in [7, 11) is 0. The van der Waals surface area contributed by atoms with E-state index in [1.807, 2.05) is 26.8 Å². The third kappa shape index (κ3) is 7.78. The Morgan fingerprint density at radius 2 is 1.88 bits per heavy atom. The molecule has 0 spiro atoms. The van der Waals surface area contributed by atoms with Crippen molar-refractivity contribution in [2.24, 2.45) is 10.9 Å². The van der Waals surface area contributed by atoms with Gasteiger partial charge >= 0.3 is 0 Å². The third-order valence-electron chi connectivity index (χ3n) is 2.72. The summed E-state index contributed by atoms with van der Waals surface area (Å²) >= 11 is 0. The topological polar surface area (TPSA) is 21.6 Å². The maximum atomic E-state index is 5.61. The number of rotatable bonds is 5. The third-order valence-corrected chi connectivity index (χ3v) is 2.72. The van der Waals surface area contributed by atoms with Crippen LogP contribution in [-0.2, 0) is 4.74 Å². The van der Waals surface area contributed by atoms with Gasteiger partial charge in [0.15, 0.2) is 0 Å². The van der Waals surface area contributed by atoms with E-state index in [1.165, 1.54) is 32.1 Å². The summed E-state index contributed by atoms with van der Waals surface area (Å²) in [4.78, 5) is 3.84. The highest BCUT2D eigenvalue weighted by atomic mass is 16.5. The maximum absolute atomic E-state index is 5.61. The van der Waals surface area contributed by atoms with Crippen molar-refractivity contribution in [2.75, 3.05) is 6.61 Å². The lowest BCUT2D eigenvalue weighted by Crippen LogP contribution is -2.12. The first-order chi connectivity index (χ1) is 8.22. The van der Waals surface area contributed by atoms with E-state index in [4.69, 9.17) is 4.74 Å². The van der Waals surface area contributed by atoms with Crippen molar-refractivity contribution < 1.29 is 4.74 Å². The van der Waals surface area contributed by atoms with Crippen LogP contribution in [0.1, 0.15) is 52.9 Å². The van der Waals surface area contributed by atoms with Crippen molar-refractivity contribution in [1.82, 2.24) is 0 Å². The molecule has 17 heavy (non-hydrogen) atoms. The molecule has 1 saturated carbocycles. The van der Waals surface area contributed by atoms with Crippen LogP contribution < -0.4 is 0 Å². The van der Waals surface area contributed by atoms with Gasteiger partial charge in [-0.3, -0.25) is 0 Å². The highest BCUT2D eigenvalue weighted by Gasteiger charge is 2.14. The van der Waals surface area contributed by atoms with Crippen molar-refractivity contribution in [2.45, 2.75) is 52.9 Å². The molecule has 2 nitrogen and oxygen atoms in total. The SMILES string of the molecule is C=N/C(=C\C(=C)C)OCC1CCCCC1.CC. The second kappa shape index (κ2) is 10.1. The van der Waals surface area contributed by atoms with Crippen molar-refractivity contribution in [3.8, 4) is 0 Å². The van der Waals surface area contributed by atoms with Crippen LogP contribution in [0.2, 0.25) is 0 Å². The zero-order chi connectivity index (χ0) is 13.1. The largest absolute Gasteiger partial charge is 0.477 e. The Labute approximate surface area is 106 Å². The Kier molecular flexibility index (Phi) is 9.50. The number of hydrogen-bond donors (Lipinski definition) is 0. The summed E-state index contributed by atoms with van der Waals surface area (Å²) in [6, 6.07) is 0. The first-order valence-electron chi connectivity index (χ1n) is 6.69. The molecule has 0 unspecified atom stereocenters. The molecule has 98 valence electrons. The first-order valence-corrected chi connectivity index (χ1v) is 6.69. The monoisotopic (exact) mass is 237 g/mol. The number of nitrogens with zero attached hydrogens (tertiary/aromatic N) is 1. The molecular weight excluding hydrogens is 210 g/mol. The molecule has 1 aliphatic carbocycles. The minimum atomic E-state index is 0.605. The molecular formula is C15H27NO. The van der Waals surface area contributed by atoms with Crippen LogP contribution in [0.25, 0.3) is 0 Å². The summed E-state index contributed by atoms with van der Waals surface area (Å²) in [5.41, 5.74) is 0.945. The van der Waals surface area contributed by atoms with Gasteiger partial charge in [-0.25, -0.2) is 4.99 Å². The van der Waals surface area contributed by atoms with E-state index < -0.39 is 0 Å². The Bertz CT molecular complexity index is 250. The second-order valence-electron chi connectivity index (χ2n) is 4.30. The van der Waals surface area contributed by atoms with Gasteiger partial charge in [0.25, 0.3) is 0 Å². The first kappa shape index (κ1) is 16.0. The predicted octanol–water partition coefficient (Wildman–Crippen LogP) is 4.73. The Morgan fingerprint density at radius 1 is 1.29 bits per heavy atom. The Balaban J connectivity index is 0.00000121. The van der Waals surface area contributed by atoms with Crippen LogP contribution in [0.5, 0.6) is 0 Å². The molecule has 0 heterocycles. The molecule has 0 atom stereocenters. The van der Waals surface area contributed by atoms with E-state index in [1.54, 1.807) is 0 Å². The van der Waals surface area contributed by atoms with Gasteiger partial charge in [0.2, 0.25) is 5.88 Å². The van der Waals surface area contributed by atoms with Crippen molar-refractivity contribution in [3.63, 3.8) is 0 Å². The average molecular weight is 237 g/mol. The fourth-order valence-electron chi connectivity index (χ4n) is 1.90. The predicted molar refractivity (Wildman–Crippen MR) is 76.3 cm³/mol. The van der Waals surface area contributed by atoms with Crippen LogP contribution in [0.15, 0.2) is 29.1 Å². The Hall–Kier alpha value is -1.05. The van der Waals surface area contributed by atoms with Gasteiger partial charge in [-0.2, -0.15) is 0 Å². The summed E-state index contributed by atoms with van der Waals surface area (Å²) in [6.45, 7) is 14.0. The molecule has 1 aliphatic rings. The van der Waals surface area contributed by atoms with E-state index in [0.29, 0.717) is 11.8 Å². The molecule has 2 heteroatoms. The zero-order valence-electron chi connectivity index (χ0n) is 11.7. The van der Waals surface area contributed by atoms with Gasteiger partial charge in [0.1, 0.15) is 0 Å². The summed E-state index contributed by atoms with van der Waals surface area (Å²) < 4.78 is 5.61. The minimum absolute atomic E-state index is 0.605. The summed E-state index contributed by atoms with van der Waals surface area (Å²) in [6.07, 6.45) is 8.47. The summed E-state index contributed by atoms with van der Waals surface area (Å²) in [5.74, 6) is 1.31. The highest BCUT2D eigenvalue weighted by molar-refractivity contribution is 5.29. The zero-order valence-corrected chi connectivity index (χ0v) is 11.7. The van der Waals surface area contributed by atoms with Crippen LogP contribution in [0.3, 0.4) is 0 Å². The van der Waals surface area contributed by atoms with E-state index in [9.17, 15) is 0 Å². The maximum Gasteiger partial charge on any atom is 0.212 e. The lowest BCUT2D eigenvalue weighted by molar-refractivity contribution is 0.141. The van der Waals surface area contributed by atoms with Crippen LogP contribution in [0, 0.1) is 5.92 Å². The smallest absolute Gasteiger partial charge is 0.212 e. The van der Waals surface area contributed by atoms with Crippen LogP contribution >= 0.6 is 0 Å². The quantitative estimate of drug-likeness (QED) is 0.385. The van der Waals surface area contributed by atoms with Gasteiger partial charge in [0.05, 0.1) is 6.61 Å². The molecule has 0 bridgehead atoms. The molecule has 1 fully saturated rings. The van der Waals surface area contributed by atoms with E-state index in [2.05, 4.69) is 18.3 Å². The standard InChI is InChI=1S/C13H21NO.C2H6/c1-11(2)9-13(14-3)15-10-12-7-5-4-6-8-12;1-2/h9,12H,1,3-8,10H2,2H3;1-2H3/b13-9+;. The van der Waals surface area contributed by atoms with Gasteiger partial charge < -0.3 is 4.74 Å². The lowest BCUT2D eigenvalue weighted by Gasteiger charge is -2.21. The van der Waals surface area contributed by atoms with Crippen LogP contribution in [0.4, 0.5) is 0 Å². The second-order valence-corrected chi connectivity index (χ2v) is 4.30. The Morgan fingerprint density at radius 3 is 2.35 bits per heavy atom. The molecule has 0 aromatic heterocycles. The van der Waals surface area contributed by atoms with Gasteiger partial charge in [-0.05, 0) is 32.4 Å². The van der Waals surface area contributed by atoms with E-state index >= 15 is 0 Å². The lowest BCUT2D eigenvalue weighted by atomic mass is 9.90. The van der Waals surface area contributed by atoms with E-state index in [0.717, 1.165) is 12.2 Å². The van der Waals surface area contributed by atoms with Crippen molar-refractivity contribution >= 4 is 6.72 Å². The highest BCUT2D eigenvalue weighted by Crippen LogP contribution is 2.24. The van der Waals surface area contributed by atoms with Crippen molar-refractivity contribution in [1.29, 1.82) is 0 Å². The molecule has 0 amide bonds. The minimum Gasteiger partial charge on any atom is -0.477 e. The van der Waals surface area contributed by atoms with Crippen molar-refractivity contribution in [3.05, 3.63) is 24.1 Å². The molecule has 1 rings (SSSR count). The number of aliphatic imine (C=N–C) groups is 1. The molecule has 0 aromatic carbocycles. The molecule has 0 saturated heterocycles.